The molecule has 2 aromatic heterocycles. The predicted molar refractivity (Wildman–Crippen MR) is 200 cm³/mol. The number of rotatable bonds is 10. The second kappa shape index (κ2) is 14.5. The van der Waals surface area contributed by atoms with E-state index < -0.39 is 33.0 Å². The van der Waals surface area contributed by atoms with E-state index in [0.717, 1.165) is 29.3 Å². The first-order valence-corrected chi connectivity index (χ1v) is 19.3. The summed E-state index contributed by atoms with van der Waals surface area (Å²) in [5.41, 5.74) is 4.19. The number of carbonyl (C=O) groups is 1. The number of sulfone groups is 1. The van der Waals surface area contributed by atoms with Crippen molar-refractivity contribution in [1.29, 1.82) is 0 Å². The van der Waals surface area contributed by atoms with Crippen molar-refractivity contribution in [2.45, 2.75) is 57.3 Å². The molecule has 0 spiro atoms. The molecular weight excluding hydrogens is 722 g/mol. The molecule has 1 atom stereocenters. The van der Waals surface area contributed by atoms with Gasteiger partial charge in [0.25, 0.3) is 0 Å². The van der Waals surface area contributed by atoms with Crippen molar-refractivity contribution in [2.75, 3.05) is 12.8 Å². The first kappa shape index (κ1) is 37.8. The summed E-state index contributed by atoms with van der Waals surface area (Å²) in [5, 5.41) is 25.8. The van der Waals surface area contributed by atoms with Crippen molar-refractivity contribution >= 4 is 49.5 Å². The maximum atomic E-state index is 14.6. The van der Waals surface area contributed by atoms with Crippen LogP contribution in [0, 0.1) is 23.5 Å². The number of aryl methyl sites for hydroxylation is 1. The van der Waals surface area contributed by atoms with Crippen LogP contribution in [-0.2, 0) is 40.3 Å². The molecule has 53 heavy (non-hydrogen) atoms. The monoisotopic (exact) mass is 759 g/mol. The molecule has 0 saturated heterocycles. The van der Waals surface area contributed by atoms with Gasteiger partial charge < -0.3 is 10.2 Å². The van der Waals surface area contributed by atoms with E-state index in [1.807, 2.05) is 17.6 Å². The van der Waals surface area contributed by atoms with E-state index >= 15 is 0 Å². The molecule has 0 unspecified atom stereocenters. The predicted octanol–water partition coefficient (Wildman–Crippen LogP) is 6.59. The molecule has 0 amide bonds. The smallest absolute Gasteiger partial charge is 0.213 e. The number of benzene rings is 3. The van der Waals surface area contributed by atoms with Gasteiger partial charge in [0.2, 0.25) is 12.2 Å². The molecule has 13 heteroatoms. The SMILES string of the molecule is CC1=[N+](CC(=O)C[C@@H](Cc2cc(F)cc(F)c2)c2nc(C#CC(C)(C)O)ccc2-c2ccc(Cl)c3c(CS(C)(=O)=O)nn(C)c23)c2cc(O)ccc2C1. The van der Waals surface area contributed by atoms with E-state index in [4.69, 9.17) is 16.6 Å². The molecule has 5 aromatic rings. The third-order valence-corrected chi connectivity index (χ3v) is 10.1. The fourth-order valence-electron chi connectivity index (χ4n) is 6.87. The number of phenolic OH excluding ortho intramolecular Hbond substituents is 1. The van der Waals surface area contributed by atoms with Crippen LogP contribution < -0.4 is 0 Å². The fraction of sp³-hybridized carbons (Fsp3) is 0.300. The van der Waals surface area contributed by atoms with Crippen LogP contribution in [0.2, 0.25) is 5.02 Å². The summed E-state index contributed by atoms with van der Waals surface area (Å²) < 4.78 is 57.2. The van der Waals surface area contributed by atoms with Crippen LogP contribution in [0.1, 0.15) is 61.3 Å². The summed E-state index contributed by atoms with van der Waals surface area (Å²) in [7, 11) is -1.81. The van der Waals surface area contributed by atoms with Gasteiger partial charge in [0, 0.05) is 60.7 Å². The molecule has 1 aliphatic heterocycles. The van der Waals surface area contributed by atoms with Crippen molar-refractivity contribution in [3.63, 3.8) is 0 Å². The Balaban J connectivity index is 1.53. The number of phenols is 1. The van der Waals surface area contributed by atoms with Gasteiger partial charge in [0.15, 0.2) is 21.3 Å². The standard InChI is InChI=1S/C40H37ClF2N4O5S/c1-23-14-25-6-8-30(48)20-36(25)47(23)21-31(49)18-26(15-24-16-27(42)19-28(43)17-24)38-32(9-7-29(44-38)12-13-40(2,3)50)33-10-11-34(41)37-35(22-53(5,51)52)45-46(4)39(33)37/h6-11,16-17,19-20,26,50H,14-15,18,21-22H2,1-5H3/p+1/t26-/m1/s1. The zero-order chi connectivity index (χ0) is 38.4. The molecule has 0 aliphatic carbocycles. The number of Topliss-reactive ketones (excluding diaryl/α,β-unsaturated/α-hetero) is 1. The van der Waals surface area contributed by atoms with Gasteiger partial charge in [-0.25, -0.2) is 22.2 Å². The quantitative estimate of drug-likeness (QED) is 0.122. The molecule has 274 valence electrons. The normalized spacial score (nSPS) is 13.6. The lowest BCUT2D eigenvalue weighted by Gasteiger charge is -2.21. The summed E-state index contributed by atoms with van der Waals surface area (Å²) in [4.78, 5) is 19.1. The molecule has 0 fully saturated rings. The Bertz CT molecular complexity index is 2490. The minimum Gasteiger partial charge on any atom is -0.508 e. The first-order valence-electron chi connectivity index (χ1n) is 16.8. The number of hydrogen-bond acceptors (Lipinski definition) is 7. The minimum atomic E-state index is -3.49. The molecule has 3 heterocycles. The Morgan fingerprint density at radius 2 is 1.77 bits per heavy atom. The van der Waals surface area contributed by atoms with E-state index in [2.05, 4.69) is 16.9 Å². The van der Waals surface area contributed by atoms with Gasteiger partial charge in [0.05, 0.1) is 40.2 Å². The van der Waals surface area contributed by atoms with E-state index in [-0.39, 0.29) is 48.1 Å². The van der Waals surface area contributed by atoms with Gasteiger partial charge >= 0.3 is 0 Å². The lowest BCUT2D eigenvalue weighted by Crippen LogP contribution is -2.22. The number of aromatic nitrogens is 3. The number of aliphatic hydroxyl groups is 1. The number of halogens is 3. The van der Waals surface area contributed by atoms with Gasteiger partial charge in [-0.15, -0.1) is 0 Å². The van der Waals surface area contributed by atoms with Crippen LogP contribution in [0.4, 0.5) is 14.5 Å². The maximum Gasteiger partial charge on any atom is 0.213 e. The van der Waals surface area contributed by atoms with Crippen LogP contribution in [0.25, 0.3) is 22.0 Å². The van der Waals surface area contributed by atoms with Gasteiger partial charge in [0.1, 0.15) is 28.7 Å². The highest BCUT2D eigenvalue weighted by molar-refractivity contribution is 7.89. The highest BCUT2D eigenvalue weighted by atomic mass is 35.5. The van der Waals surface area contributed by atoms with Crippen molar-refractivity contribution in [3.8, 4) is 28.7 Å². The van der Waals surface area contributed by atoms with Gasteiger partial charge in [-0.2, -0.15) is 9.67 Å². The molecular formula is C40H38ClF2N4O5S+. The second-order valence-corrected chi connectivity index (χ2v) is 16.7. The number of pyridine rings is 1. The van der Waals surface area contributed by atoms with Crippen molar-refractivity contribution in [1.82, 2.24) is 14.8 Å². The molecule has 2 N–H and O–H groups in total. The van der Waals surface area contributed by atoms with Gasteiger partial charge in [-0.3, -0.25) is 9.48 Å². The number of fused-ring (bicyclic) bond motifs is 2. The molecule has 3 aromatic carbocycles. The Morgan fingerprint density at radius 3 is 2.45 bits per heavy atom. The van der Waals surface area contributed by atoms with E-state index in [1.165, 1.54) is 26.0 Å². The number of nitrogens with zero attached hydrogens (tertiary/aromatic N) is 4. The lowest BCUT2D eigenvalue weighted by molar-refractivity contribution is -0.425. The molecule has 0 radical (unpaired) electrons. The first-order chi connectivity index (χ1) is 24.8. The topological polar surface area (TPSA) is 125 Å². The van der Waals surface area contributed by atoms with Crippen LogP contribution in [-0.4, -0.2) is 67.9 Å². The number of carbonyl (C=O) groups excluding carboxylic acids is 1. The van der Waals surface area contributed by atoms with Crippen LogP contribution in [0.3, 0.4) is 0 Å². The second-order valence-electron chi connectivity index (χ2n) is 14.1. The van der Waals surface area contributed by atoms with Crippen LogP contribution >= 0.6 is 11.6 Å². The van der Waals surface area contributed by atoms with E-state index in [9.17, 15) is 32.2 Å². The molecule has 9 nitrogen and oxygen atoms in total. The Hall–Kier alpha value is -4.96. The minimum absolute atomic E-state index is 0.0182. The van der Waals surface area contributed by atoms with E-state index in [1.54, 1.807) is 48.1 Å². The highest BCUT2D eigenvalue weighted by Gasteiger charge is 2.32. The number of ketones is 1. The lowest BCUT2D eigenvalue weighted by atomic mass is 9.86. The van der Waals surface area contributed by atoms with Crippen molar-refractivity contribution in [3.05, 3.63) is 106 Å². The largest absolute Gasteiger partial charge is 0.508 e. The Kier molecular flexibility index (Phi) is 10.3. The van der Waals surface area contributed by atoms with Crippen molar-refractivity contribution < 1.29 is 36.8 Å². The van der Waals surface area contributed by atoms with Gasteiger partial charge in [-0.05, 0) is 74.2 Å². The highest BCUT2D eigenvalue weighted by Crippen LogP contribution is 2.40. The third-order valence-electron chi connectivity index (χ3n) is 8.99. The summed E-state index contributed by atoms with van der Waals surface area (Å²) in [5.74, 6) is 2.92. The van der Waals surface area contributed by atoms with Crippen LogP contribution in [0.15, 0.2) is 60.7 Å². The maximum absolute atomic E-state index is 14.6. The fourth-order valence-corrected chi connectivity index (χ4v) is 7.83. The zero-order valence-electron chi connectivity index (χ0n) is 29.8. The zero-order valence-corrected chi connectivity index (χ0v) is 31.4. The number of hydrogen-bond donors (Lipinski definition) is 2. The van der Waals surface area contributed by atoms with E-state index in [0.29, 0.717) is 44.7 Å². The summed E-state index contributed by atoms with van der Waals surface area (Å²) in [6.45, 7) is 4.96. The Labute approximate surface area is 311 Å². The number of aromatic hydroxyl groups is 1. The molecule has 0 saturated carbocycles. The molecule has 6 rings (SSSR count). The average molecular weight is 760 g/mol. The summed E-state index contributed by atoms with van der Waals surface area (Å²) in [6.07, 6.45) is 1.64. The van der Waals surface area contributed by atoms with Crippen LogP contribution in [0.5, 0.6) is 5.75 Å². The van der Waals surface area contributed by atoms with Gasteiger partial charge in [-0.1, -0.05) is 23.6 Å². The average Bonchev–Trinajstić information content (AvgIpc) is 3.53. The third kappa shape index (κ3) is 8.65. The summed E-state index contributed by atoms with van der Waals surface area (Å²) in [6, 6.07) is 15.1. The Morgan fingerprint density at radius 1 is 1.08 bits per heavy atom. The summed E-state index contributed by atoms with van der Waals surface area (Å²) >= 11 is 6.68. The molecule has 1 aliphatic rings. The van der Waals surface area contributed by atoms with Crippen molar-refractivity contribution in [2.24, 2.45) is 7.05 Å². The molecule has 0 bridgehead atoms.